The molecule has 0 aliphatic carbocycles. The van der Waals surface area contributed by atoms with Crippen molar-refractivity contribution < 1.29 is 4.39 Å². The lowest BCUT2D eigenvalue weighted by atomic mass is 10.2. The normalized spacial score (nSPS) is 10.4. The highest BCUT2D eigenvalue weighted by Crippen LogP contribution is 2.16. The van der Waals surface area contributed by atoms with E-state index in [4.69, 9.17) is 0 Å². The minimum absolute atomic E-state index is 0.305. The van der Waals surface area contributed by atoms with Gasteiger partial charge in [-0.15, -0.1) is 20.4 Å². The summed E-state index contributed by atoms with van der Waals surface area (Å²) < 4.78 is 13.1. The molecule has 1 heterocycles. The Morgan fingerprint density at radius 3 is 1.84 bits per heavy atom. The Kier molecular flexibility index (Phi) is 2.94. The molecule has 0 bridgehead atoms. The van der Waals surface area contributed by atoms with E-state index in [1.165, 1.54) is 12.1 Å². The summed E-state index contributed by atoms with van der Waals surface area (Å²) in [6.45, 7) is 0. The Balaban J connectivity index is 1.95. The molecule has 0 radical (unpaired) electrons. The number of hydrogen-bond donors (Lipinski definition) is 0. The fourth-order valence-corrected chi connectivity index (χ4v) is 1.68. The minimum atomic E-state index is -0.340. The second-order valence-corrected chi connectivity index (χ2v) is 3.92. The second-order valence-electron chi connectivity index (χ2n) is 3.92. The maximum atomic E-state index is 13.1. The molecule has 3 rings (SSSR count). The Morgan fingerprint density at radius 2 is 1.21 bits per heavy atom. The highest BCUT2D eigenvalue weighted by Gasteiger charge is 2.06. The lowest BCUT2D eigenvalue weighted by Gasteiger charge is -2.00. The van der Waals surface area contributed by atoms with E-state index in [0.717, 1.165) is 5.56 Å². The summed E-state index contributed by atoms with van der Waals surface area (Å²) in [5, 5.41) is 16.0. The van der Waals surface area contributed by atoms with Crippen molar-refractivity contribution in [2.24, 2.45) is 0 Å². The maximum Gasteiger partial charge on any atom is 0.203 e. The van der Waals surface area contributed by atoms with Gasteiger partial charge in [0.2, 0.25) is 11.6 Å². The molecule has 4 nitrogen and oxygen atoms in total. The van der Waals surface area contributed by atoms with E-state index in [-0.39, 0.29) is 5.82 Å². The third-order valence-electron chi connectivity index (χ3n) is 2.59. The van der Waals surface area contributed by atoms with Gasteiger partial charge in [0.1, 0.15) is 5.82 Å². The van der Waals surface area contributed by atoms with Crippen molar-refractivity contribution in [1.82, 2.24) is 20.4 Å². The molecule has 19 heavy (non-hydrogen) atoms. The van der Waals surface area contributed by atoms with E-state index in [0.29, 0.717) is 17.2 Å². The fourth-order valence-electron chi connectivity index (χ4n) is 1.68. The first-order valence-corrected chi connectivity index (χ1v) is 5.72. The van der Waals surface area contributed by atoms with Crippen molar-refractivity contribution in [3.8, 4) is 22.8 Å². The molecule has 92 valence electrons. The molecular weight excluding hydrogens is 243 g/mol. The first-order chi connectivity index (χ1) is 9.33. The van der Waals surface area contributed by atoms with Crippen molar-refractivity contribution >= 4 is 0 Å². The van der Waals surface area contributed by atoms with E-state index in [9.17, 15) is 4.39 Å². The highest BCUT2D eigenvalue weighted by atomic mass is 19.1. The van der Waals surface area contributed by atoms with Gasteiger partial charge in [0.05, 0.1) is 0 Å². The van der Waals surface area contributed by atoms with Crippen LogP contribution >= 0.6 is 0 Å². The number of rotatable bonds is 2. The molecule has 1 aromatic heterocycles. The van der Waals surface area contributed by atoms with Crippen molar-refractivity contribution in [3.05, 3.63) is 60.4 Å². The van der Waals surface area contributed by atoms with Gasteiger partial charge in [-0.25, -0.2) is 4.39 Å². The van der Waals surface area contributed by atoms with Crippen LogP contribution < -0.4 is 0 Å². The van der Waals surface area contributed by atoms with Crippen molar-refractivity contribution in [2.75, 3.05) is 0 Å². The van der Waals surface area contributed by atoms with Gasteiger partial charge >= 0.3 is 0 Å². The van der Waals surface area contributed by atoms with Crippen LogP contribution in [0.3, 0.4) is 0 Å². The maximum absolute atomic E-state index is 13.1. The molecule has 0 unspecified atom stereocenters. The Labute approximate surface area is 109 Å². The lowest BCUT2D eigenvalue weighted by molar-refractivity contribution is 0.628. The SMILES string of the molecule is Fc1cccc(-c2nnc(-c3ccccc3)nn2)c1. The lowest BCUT2D eigenvalue weighted by Crippen LogP contribution is -1.99. The molecule has 0 amide bonds. The molecule has 0 fully saturated rings. The van der Waals surface area contributed by atoms with Crippen molar-refractivity contribution in [2.45, 2.75) is 0 Å². The highest BCUT2D eigenvalue weighted by molar-refractivity contribution is 5.56. The van der Waals surface area contributed by atoms with Crippen molar-refractivity contribution in [1.29, 1.82) is 0 Å². The quantitative estimate of drug-likeness (QED) is 0.703. The zero-order valence-electron chi connectivity index (χ0n) is 9.86. The van der Waals surface area contributed by atoms with E-state index < -0.39 is 0 Å². The molecule has 0 N–H and O–H groups in total. The van der Waals surface area contributed by atoms with Crippen LogP contribution in [0.1, 0.15) is 0 Å². The van der Waals surface area contributed by atoms with Crippen LogP contribution in [0.25, 0.3) is 22.8 Å². The van der Waals surface area contributed by atoms with E-state index in [2.05, 4.69) is 20.4 Å². The predicted molar refractivity (Wildman–Crippen MR) is 68.5 cm³/mol. The summed E-state index contributed by atoms with van der Waals surface area (Å²) in [6, 6.07) is 15.5. The summed E-state index contributed by atoms with van der Waals surface area (Å²) in [5.41, 5.74) is 1.40. The van der Waals surface area contributed by atoms with Gasteiger partial charge < -0.3 is 0 Å². The molecule has 0 aliphatic heterocycles. The number of halogens is 1. The third kappa shape index (κ3) is 2.44. The van der Waals surface area contributed by atoms with E-state index >= 15 is 0 Å². The van der Waals surface area contributed by atoms with Gasteiger partial charge in [0, 0.05) is 11.1 Å². The Morgan fingerprint density at radius 1 is 0.632 bits per heavy atom. The molecule has 0 saturated heterocycles. The molecule has 0 saturated carbocycles. The zero-order valence-corrected chi connectivity index (χ0v) is 9.86. The predicted octanol–water partition coefficient (Wildman–Crippen LogP) is 2.74. The van der Waals surface area contributed by atoms with Crippen LogP contribution in [0.5, 0.6) is 0 Å². The zero-order chi connectivity index (χ0) is 13.1. The topological polar surface area (TPSA) is 51.6 Å². The molecule has 2 aromatic carbocycles. The molecule has 0 aliphatic rings. The van der Waals surface area contributed by atoms with Gasteiger partial charge in [-0.1, -0.05) is 42.5 Å². The Hall–Kier alpha value is -2.69. The van der Waals surface area contributed by atoms with Crippen molar-refractivity contribution in [3.63, 3.8) is 0 Å². The third-order valence-corrected chi connectivity index (χ3v) is 2.59. The monoisotopic (exact) mass is 252 g/mol. The van der Waals surface area contributed by atoms with Crippen LogP contribution in [0.15, 0.2) is 54.6 Å². The molecular formula is C14H9FN4. The summed E-state index contributed by atoms with van der Waals surface area (Å²) in [6.07, 6.45) is 0. The number of benzene rings is 2. The molecule has 0 spiro atoms. The second kappa shape index (κ2) is 4.89. The largest absolute Gasteiger partial charge is 0.207 e. The summed E-state index contributed by atoms with van der Waals surface area (Å²) in [5.74, 6) is 0.410. The van der Waals surface area contributed by atoms with Crippen LogP contribution in [0, 0.1) is 5.82 Å². The van der Waals surface area contributed by atoms with Crippen LogP contribution in [-0.2, 0) is 0 Å². The van der Waals surface area contributed by atoms with Gasteiger partial charge in [-0.2, -0.15) is 0 Å². The van der Waals surface area contributed by atoms with Gasteiger partial charge in [0.25, 0.3) is 0 Å². The number of nitrogens with zero attached hydrogens (tertiary/aromatic N) is 4. The van der Waals surface area contributed by atoms with Gasteiger partial charge in [-0.05, 0) is 12.1 Å². The molecule has 3 aromatic rings. The Bertz CT molecular complexity index is 683. The number of hydrogen-bond acceptors (Lipinski definition) is 4. The van der Waals surface area contributed by atoms with Crippen LogP contribution in [0.4, 0.5) is 4.39 Å². The van der Waals surface area contributed by atoms with Gasteiger partial charge in [0.15, 0.2) is 0 Å². The van der Waals surface area contributed by atoms with E-state index in [1.807, 2.05) is 30.3 Å². The number of aromatic nitrogens is 4. The fraction of sp³-hybridized carbons (Fsp3) is 0. The van der Waals surface area contributed by atoms with Crippen LogP contribution in [-0.4, -0.2) is 20.4 Å². The smallest absolute Gasteiger partial charge is 0.203 e. The van der Waals surface area contributed by atoms with Crippen LogP contribution in [0.2, 0.25) is 0 Å². The average molecular weight is 252 g/mol. The minimum Gasteiger partial charge on any atom is -0.207 e. The first kappa shape index (κ1) is 11.4. The summed E-state index contributed by atoms with van der Waals surface area (Å²) in [7, 11) is 0. The van der Waals surface area contributed by atoms with Gasteiger partial charge in [-0.3, -0.25) is 0 Å². The molecule has 0 atom stereocenters. The van der Waals surface area contributed by atoms with E-state index in [1.54, 1.807) is 12.1 Å². The summed E-state index contributed by atoms with van der Waals surface area (Å²) in [4.78, 5) is 0. The average Bonchev–Trinajstić information content (AvgIpc) is 2.48. The standard InChI is InChI=1S/C14H9FN4/c15-12-8-4-7-11(9-12)14-18-16-13(17-19-14)10-5-2-1-3-6-10/h1-9H. The first-order valence-electron chi connectivity index (χ1n) is 5.72. The summed E-state index contributed by atoms with van der Waals surface area (Å²) >= 11 is 0. The molecule has 5 heteroatoms.